The lowest BCUT2D eigenvalue weighted by atomic mass is 10.2. The number of benzene rings is 1. The summed E-state index contributed by atoms with van der Waals surface area (Å²) < 4.78 is 2.09. The summed E-state index contributed by atoms with van der Waals surface area (Å²) in [6, 6.07) is 5.95. The predicted molar refractivity (Wildman–Crippen MR) is 55.5 cm³/mol. The van der Waals surface area contributed by atoms with Crippen LogP contribution in [0.3, 0.4) is 0 Å². The smallest absolute Gasteiger partial charge is 0.150 e. The summed E-state index contributed by atoms with van der Waals surface area (Å²) >= 11 is 0. The number of imidazole rings is 1. The number of carbonyl (C=O) groups is 1. The average Bonchev–Trinajstić information content (AvgIpc) is 2.59. The van der Waals surface area contributed by atoms with Crippen molar-refractivity contribution in [1.82, 2.24) is 9.55 Å². The SMILES string of the molecule is CC(C)n1cnc2cc(C=O)ccc21. The quantitative estimate of drug-likeness (QED) is 0.678. The molecule has 0 aliphatic rings. The van der Waals surface area contributed by atoms with Gasteiger partial charge in [0.25, 0.3) is 0 Å². The highest BCUT2D eigenvalue weighted by Crippen LogP contribution is 2.17. The molecule has 0 unspecified atom stereocenters. The van der Waals surface area contributed by atoms with Crippen molar-refractivity contribution in [3.63, 3.8) is 0 Å². The lowest BCUT2D eigenvalue weighted by Crippen LogP contribution is -1.97. The van der Waals surface area contributed by atoms with E-state index in [1.54, 1.807) is 6.07 Å². The molecule has 0 aliphatic carbocycles. The van der Waals surface area contributed by atoms with E-state index in [2.05, 4.69) is 23.4 Å². The molecule has 0 amide bonds. The van der Waals surface area contributed by atoms with Gasteiger partial charge in [-0.3, -0.25) is 4.79 Å². The number of carbonyl (C=O) groups excluding carboxylic acids is 1. The first kappa shape index (κ1) is 8.94. The van der Waals surface area contributed by atoms with E-state index in [4.69, 9.17) is 0 Å². The topological polar surface area (TPSA) is 34.9 Å². The van der Waals surface area contributed by atoms with Crippen molar-refractivity contribution in [3.05, 3.63) is 30.1 Å². The molecule has 0 radical (unpaired) electrons. The number of fused-ring (bicyclic) bond motifs is 1. The van der Waals surface area contributed by atoms with Crippen molar-refractivity contribution in [2.24, 2.45) is 0 Å². The number of hydrogen-bond donors (Lipinski definition) is 0. The Morgan fingerprint density at radius 1 is 1.43 bits per heavy atom. The molecule has 0 aliphatic heterocycles. The summed E-state index contributed by atoms with van der Waals surface area (Å²) in [5.74, 6) is 0. The Bertz CT molecular complexity index is 471. The molecule has 0 saturated heterocycles. The minimum Gasteiger partial charge on any atom is -0.328 e. The maximum atomic E-state index is 10.6. The van der Waals surface area contributed by atoms with Crippen LogP contribution in [0, 0.1) is 0 Å². The summed E-state index contributed by atoms with van der Waals surface area (Å²) in [5, 5.41) is 0. The van der Waals surface area contributed by atoms with E-state index in [1.807, 2.05) is 18.5 Å². The van der Waals surface area contributed by atoms with Crippen LogP contribution < -0.4 is 0 Å². The number of aromatic nitrogens is 2. The van der Waals surface area contributed by atoms with Crippen LogP contribution in [0.2, 0.25) is 0 Å². The molecule has 1 heterocycles. The lowest BCUT2D eigenvalue weighted by molar-refractivity contribution is 0.112. The number of hydrogen-bond acceptors (Lipinski definition) is 2. The highest BCUT2D eigenvalue weighted by molar-refractivity contribution is 5.84. The van der Waals surface area contributed by atoms with Gasteiger partial charge in [0.1, 0.15) is 6.29 Å². The first-order chi connectivity index (χ1) is 6.72. The van der Waals surface area contributed by atoms with Crippen molar-refractivity contribution in [2.75, 3.05) is 0 Å². The van der Waals surface area contributed by atoms with Gasteiger partial charge in [0.05, 0.1) is 17.4 Å². The van der Waals surface area contributed by atoms with Crippen molar-refractivity contribution in [2.45, 2.75) is 19.9 Å². The van der Waals surface area contributed by atoms with Crippen LogP contribution in [0.25, 0.3) is 11.0 Å². The summed E-state index contributed by atoms with van der Waals surface area (Å²) in [7, 11) is 0. The third-order valence-corrected chi connectivity index (χ3v) is 2.29. The maximum Gasteiger partial charge on any atom is 0.150 e. The van der Waals surface area contributed by atoms with E-state index in [0.29, 0.717) is 11.6 Å². The van der Waals surface area contributed by atoms with Gasteiger partial charge in [-0.1, -0.05) is 0 Å². The van der Waals surface area contributed by atoms with Gasteiger partial charge in [-0.25, -0.2) is 4.98 Å². The van der Waals surface area contributed by atoms with Gasteiger partial charge in [-0.2, -0.15) is 0 Å². The van der Waals surface area contributed by atoms with Gasteiger partial charge in [-0.15, -0.1) is 0 Å². The molecule has 0 atom stereocenters. The van der Waals surface area contributed by atoms with Gasteiger partial charge in [-0.05, 0) is 32.0 Å². The second-order valence-electron chi connectivity index (χ2n) is 3.61. The Morgan fingerprint density at radius 3 is 2.86 bits per heavy atom. The van der Waals surface area contributed by atoms with Crippen LogP contribution in [0.4, 0.5) is 0 Å². The van der Waals surface area contributed by atoms with Crippen LogP contribution in [0.15, 0.2) is 24.5 Å². The molecule has 0 bridgehead atoms. The molecule has 3 nitrogen and oxygen atoms in total. The second-order valence-corrected chi connectivity index (χ2v) is 3.61. The summed E-state index contributed by atoms with van der Waals surface area (Å²) in [5.41, 5.74) is 2.63. The standard InChI is InChI=1S/C11H12N2O/c1-8(2)13-7-12-10-5-9(6-14)3-4-11(10)13/h3-8H,1-2H3. The zero-order valence-electron chi connectivity index (χ0n) is 8.27. The molecule has 1 aromatic carbocycles. The Kier molecular flexibility index (Phi) is 2.08. The van der Waals surface area contributed by atoms with Crippen LogP contribution in [-0.2, 0) is 0 Å². The second kappa shape index (κ2) is 3.25. The molecule has 0 saturated carbocycles. The molecule has 0 N–H and O–H groups in total. The van der Waals surface area contributed by atoms with Crippen LogP contribution >= 0.6 is 0 Å². The Hall–Kier alpha value is -1.64. The fourth-order valence-corrected chi connectivity index (χ4v) is 1.53. The summed E-state index contributed by atoms with van der Waals surface area (Å²) in [6.45, 7) is 4.21. The number of aldehydes is 1. The largest absolute Gasteiger partial charge is 0.328 e. The van der Waals surface area contributed by atoms with Gasteiger partial charge in [0, 0.05) is 11.6 Å². The van der Waals surface area contributed by atoms with Crippen molar-refractivity contribution < 1.29 is 4.79 Å². The van der Waals surface area contributed by atoms with E-state index in [0.717, 1.165) is 17.3 Å². The molecule has 2 aromatic rings. The van der Waals surface area contributed by atoms with E-state index in [1.165, 1.54) is 0 Å². The van der Waals surface area contributed by atoms with Gasteiger partial charge >= 0.3 is 0 Å². The van der Waals surface area contributed by atoms with E-state index in [9.17, 15) is 4.79 Å². The molecule has 2 rings (SSSR count). The molecular formula is C11H12N2O. The fourth-order valence-electron chi connectivity index (χ4n) is 1.53. The maximum absolute atomic E-state index is 10.6. The first-order valence-corrected chi connectivity index (χ1v) is 4.64. The molecule has 3 heteroatoms. The molecule has 72 valence electrons. The Morgan fingerprint density at radius 2 is 2.21 bits per heavy atom. The lowest BCUT2D eigenvalue weighted by Gasteiger charge is -2.07. The van der Waals surface area contributed by atoms with Crippen LogP contribution in [-0.4, -0.2) is 15.8 Å². The van der Waals surface area contributed by atoms with Crippen molar-refractivity contribution >= 4 is 17.3 Å². The molecular weight excluding hydrogens is 176 g/mol. The minimum absolute atomic E-state index is 0.391. The number of rotatable bonds is 2. The van der Waals surface area contributed by atoms with Gasteiger partial charge in [0.2, 0.25) is 0 Å². The third-order valence-electron chi connectivity index (χ3n) is 2.29. The van der Waals surface area contributed by atoms with Crippen molar-refractivity contribution in [3.8, 4) is 0 Å². The zero-order chi connectivity index (χ0) is 10.1. The zero-order valence-corrected chi connectivity index (χ0v) is 8.27. The Balaban J connectivity index is 2.65. The van der Waals surface area contributed by atoms with E-state index >= 15 is 0 Å². The Labute approximate surface area is 82.4 Å². The van der Waals surface area contributed by atoms with Crippen LogP contribution in [0.5, 0.6) is 0 Å². The average molecular weight is 188 g/mol. The summed E-state index contributed by atoms with van der Waals surface area (Å²) in [4.78, 5) is 14.8. The molecule has 1 aromatic heterocycles. The van der Waals surface area contributed by atoms with Gasteiger partial charge in [0.15, 0.2) is 0 Å². The third kappa shape index (κ3) is 1.31. The monoisotopic (exact) mass is 188 g/mol. The predicted octanol–water partition coefficient (Wildman–Crippen LogP) is 2.43. The van der Waals surface area contributed by atoms with E-state index < -0.39 is 0 Å². The highest BCUT2D eigenvalue weighted by Gasteiger charge is 2.05. The van der Waals surface area contributed by atoms with Crippen LogP contribution in [0.1, 0.15) is 30.2 Å². The molecule has 14 heavy (non-hydrogen) atoms. The van der Waals surface area contributed by atoms with Gasteiger partial charge < -0.3 is 4.57 Å². The van der Waals surface area contributed by atoms with Crippen molar-refractivity contribution in [1.29, 1.82) is 0 Å². The fraction of sp³-hybridized carbons (Fsp3) is 0.273. The first-order valence-electron chi connectivity index (χ1n) is 4.64. The number of nitrogens with zero attached hydrogens (tertiary/aromatic N) is 2. The molecule has 0 spiro atoms. The summed E-state index contributed by atoms with van der Waals surface area (Å²) in [6.07, 6.45) is 2.65. The molecule has 0 fully saturated rings. The normalized spacial score (nSPS) is 11.1. The minimum atomic E-state index is 0.391. The highest BCUT2D eigenvalue weighted by atomic mass is 16.1. The van der Waals surface area contributed by atoms with E-state index in [-0.39, 0.29) is 0 Å².